The molecule has 1 aromatic rings. The van der Waals surface area contributed by atoms with Crippen molar-refractivity contribution in [3.8, 4) is 0 Å². The van der Waals surface area contributed by atoms with E-state index in [2.05, 4.69) is 0 Å². The lowest BCUT2D eigenvalue weighted by Gasteiger charge is -2.12. The fraction of sp³-hybridized carbons (Fsp3) is 0.111. The van der Waals surface area contributed by atoms with E-state index >= 15 is 0 Å². The predicted octanol–water partition coefficient (Wildman–Crippen LogP) is 2.24. The van der Waals surface area contributed by atoms with Crippen LogP contribution in [0.5, 0.6) is 0 Å². The SMILES string of the molecule is O=C(O)c1c(F)ccc(C(F)(F)F)c1C(=O)O. The Morgan fingerprint density at radius 3 is 1.82 bits per heavy atom. The molecule has 0 aliphatic rings. The van der Waals surface area contributed by atoms with Gasteiger partial charge in [0.25, 0.3) is 0 Å². The van der Waals surface area contributed by atoms with Gasteiger partial charge in [0.2, 0.25) is 0 Å². The molecule has 8 heteroatoms. The second-order valence-corrected chi connectivity index (χ2v) is 2.95. The Hall–Kier alpha value is -2.12. The molecule has 4 nitrogen and oxygen atoms in total. The maximum absolute atomic E-state index is 13.0. The number of alkyl halides is 3. The Balaban J connectivity index is 3.72. The van der Waals surface area contributed by atoms with E-state index in [1.807, 2.05) is 0 Å². The van der Waals surface area contributed by atoms with Crippen LogP contribution in [-0.4, -0.2) is 22.2 Å². The molecule has 92 valence electrons. The first-order valence-electron chi connectivity index (χ1n) is 4.02. The van der Waals surface area contributed by atoms with E-state index in [0.29, 0.717) is 0 Å². The van der Waals surface area contributed by atoms with Gasteiger partial charge in [0, 0.05) is 0 Å². The van der Waals surface area contributed by atoms with Crippen LogP contribution in [0.3, 0.4) is 0 Å². The third-order valence-electron chi connectivity index (χ3n) is 1.89. The van der Waals surface area contributed by atoms with Crippen molar-refractivity contribution in [2.45, 2.75) is 6.18 Å². The quantitative estimate of drug-likeness (QED) is 0.791. The van der Waals surface area contributed by atoms with Gasteiger partial charge in [0.1, 0.15) is 11.4 Å². The maximum Gasteiger partial charge on any atom is 0.417 e. The van der Waals surface area contributed by atoms with Crippen LogP contribution in [0.1, 0.15) is 26.3 Å². The lowest BCUT2D eigenvalue weighted by Crippen LogP contribution is -2.19. The van der Waals surface area contributed by atoms with Crippen molar-refractivity contribution in [1.29, 1.82) is 0 Å². The molecule has 0 bridgehead atoms. The van der Waals surface area contributed by atoms with Gasteiger partial charge in [-0.1, -0.05) is 0 Å². The van der Waals surface area contributed by atoms with Crippen LogP contribution in [0.2, 0.25) is 0 Å². The Kier molecular flexibility index (Phi) is 3.08. The lowest BCUT2D eigenvalue weighted by molar-refractivity contribution is -0.138. The van der Waals surface area contributed by atoms with E-state index in [0.717, 1.165) is 0 Å². The lowest BCUT2D eigenvalue weighted by atomic mass is 10.00. The molecule has 17 heavy (non-hydrogen) atoms. The summed E-state index contributed by atoms with van der Waals surface area (Å²) in [5.74, 6) is -5.77. The number of hydrogen-bond acceptors (Lipinski definition) is 2. The first-order chi connectivity index (χ1) is 7.66. The number of carboxylic acids is 2. The summed E-state index contributed by atoms with van der Waals surface area (Å²) in [7, 11) is 0. The molecule has 0 aromatic heterocycles. The summed E-state index contributed by atoms with van der Waals surface area (Å²) < 4.78 is 50.2. The molecule has 0 saturated heterocycles. The molecule has 0 amide bonds. The highest BCUT2D eigenvalue weighted by Gasteiger charge is 2.38. The molecule has 2 N–H and O–H groups in total. The van der Waals surface area contributed by atoms with Crippen molar-refractivity contribution in [2.75, 3.05) is 0 Å². The Labute approximate surface area is 91.1 Å². The van der Waals surface area contributed by atoms with E-state index in [1.54, 1.807) is 0 Å². The van der Waals surface area contributed by atoms with Crippen LogP contribution in [0.25, 0.3) is 0 Å². The minimum absolute atomic E-state index is 0.186. The summed E-state index contributed by atoms with van der Waals surface area (Å²) in [6.45, 7) is 0. The Morgan fingerprint density at radius 1 is 1.00 bits per heavy atom. The highest BCUT2D eigenvalue weighted by atomic mass is 19.4. The van der Waals surface area contributed by atoms with Gasteiger partial charge in [-0.25, -0.2) is 14.0 Å². The van der Waals surface area contributed by atoms with Gasteiger partial charge in [-0.3, -0.25) is 0 Å². The minimum Gasteiger partial charge on any atom is -0.478 e. The van der Waals surface area contributed by atoms with Crippen molar-refractivity contribution in [2.24, 2.45) is 0 Å². The summed E-state index contributed by atoms with van der Waals surface area (Å²) in [6, 6.07) is 0.448. The molecule has 0 aliphatic heterocycles. The van der Waals surface area contributed by atoms with Gasteiger partial charge in [-0.15, -0.1) is 0 Å². The fourth-order valence-corrected chi connectivity index (χ4v) is 1.24. The number of benzene rings is 1. The zero-order chi connectivity index (χ0) is 13.4. The zero-order valence-corrected chi connectivity index (χ0v) is 7.88. The number of hydrogen-bond donors (Lipinski definition) is 2. The standard InChI is InChI=1S/C9H4F4O4/c10-4-2-1-3(9(11,12)13)5(7(14)15)6(4)8(16)17/h1-2H,(H,14,15)(H,16,17). The molecule has 0 spiro atoms. The second kappa shape index (κ2) is 4.04. The van der Waals surface area contributed by atoms with Gasteiger partial charge < -0.3 is 10.2 Å². The number of halogens is 4. The van der Waals surface area contributed by atoms with Crippen LogP contribution in [0.4, 0.5) is 17.6 Å². The third-order valence-corrected chi connectivity index (χ3v) is 1.89. The molecule has 0 saturated carbocycles. The highest BCUT2D eigenvalue weighted by Crippen LogP contribution is 2.34. The van der Waals surface area contributed by atoms with Crippen molar-refractivity contribution >= 4 is 11.9 Å². The molecular weight excluding hydrogens is 248 g/mol. The third kappa shape index (κ3) is 2.35. The van der Waals surface area contributed by atoms with Crippen LogP contribution >= 0.6 is 0 Å². The summed E-state index contributed by atoms with van der Waals surface area (Å²) in [4.78, 5) is 21.2. The summed E-state index contributed by atoms with van der Waals surface area (Å²) in [6.07, 6.45) is -5.08. The van der Waals surface area contributed by atoms with E-state index in [4.69, 9.17) is 10.2 Å². The highest BCUT2D eigenvalue weighted by molar-refractivity contribution is 6.03. The molecule has 0 aliphatic carbocycles. The molecule has 0 heterocycles. The van der Waals surface area contributed by atoms with Crippen molar-refractivity contribution in [3.05, 3.63) is 34.6 Å². The first kappa shape index (κ1) is 12.9. The Morgan fingerprint density at radius 2 is 1.47 bits per heavy atom. The summed E-state index contributed by atoms with van der Waals surface area (Å²) in [5, 5.41) is 17.1. The van der Waals surface area contributed by atoms with Crippen molar-refractivity contribution in [1.82, 2.24) is 0 Å². The number of carboxylic acid groups (broad SMARTS) is 2. The van der Waals surface area contributed by atoms with Crippen molar-refractivity contribution in [3.63, 3.8) is 0 Å². The van der Waals surface area contributed by atoms with Gasteiger partial charge in [0.15, 0.2) is 0 Å². The molecule has 0 unspecified atom stereocenters. The average Bonchev–Trinajstić information content (AvgIpc) is 2.14. The summed E-state index contributed by atoms with van der Waals surface area (Å²) in [5.41, 5.74) is -4.82. The minimum atomic E-state index is -5.08. The Bertz CT molecular complexity index is 493. The summed E-state index contributed by atoms with van der Waals surface area (Å²) >= 11 is 0. The number of rotatable bonds is 2. The molecular formula is C9H4F4O4. The molecule has 0 atom stereocenters. The molecule has 0 radical (unpaired) electrons. The van der Waals surface area contributed by atoms with E-state index in [-0.39, 0.29) is 12.1 Å². The van der Waals surface area contributed by atoms with Gasteiger partial charge in [0.05, 0.1) is 11.1 Å². The molecule has 1 aromatic carbocycles. The zero-order valence-electron chi connectivity index (χ0n) is 7.88. The van der Waals surface area contributed by atoms with E-state index in [1.165, 1.54) is 0 Å². The topological polar surface area (TPSA) is 74.6 Å². The average molecular weight is 252 g/mol. The number of carbonyl (C=O) groups is 2. The first-order valence-corrected chi connectivity index (χ1v) is 4.02. The molecule has 0 fully saturated rings. The smallest absolute Gasteiger partial charge is 0.417 e. The van der Waals surface area contributed by atoms with Gasteiger partial charge in [-0.05, 0) is 12.1 Å². The normalized spacial score (nSPS) is 11.3. The van der Waals surface area contributed by atoms with E-state index in [9.17, 15) is 27.2 Å². The number of aromatic carboxylic acids is 2. The largest absolute Gasteiger partial charge is 0.478 e. The fourth-order valence-electron chi connectivity index (χ4n) is 1.24. The monoisotopic (exact) mass is 252 g/mol. The molecule has 1 rings (SSSR count). The van der Waals surface area contributed by atoms with E-state index < -0.39 is 40.6 Å². The van der Waals surface area contributed by atoms with Crippen LogP contribution in [0, 0.1) is 5.82 Å². The van der Waals surface area contributed by atoms with Gasteiger partial charge >= 0.3 is 18.1 Å². The second-order valence-electron chi connectivity index (χ2n) is 2.95. The van der Waals surface area contributed by atoms with Crippen LogP contribution < -0.4 is 0 Å². The van der Waals surface area contributed by atoms with Crippen LogP contribution in [0.15, 0.2) is 12.1 Å². The van der Waals surface area contributed by atoms with Gasteiger partial charge in [-0.2, -0.15) is 13.2 Å². The van der Waals surface area contributed by atoms with Crippen molar-refractivity contribution < 1.29 is 37.4 Å². The maximum atomic E-state index is 13.0. The van der Waals surface area contributed by atoms with Crippen LogP contribution in [-0.2, 0) is 6.18 Å². The predicted molar refractivity (Wildman–Crippen MR) is 45.3 cm³/mol.